The van der Waals surface area contributed by atoms with Gasteiger partial charge in [0.25, 0.3) is 5.91 Å². The minimum absolute atomic E-state index is 0.0274. The number of aryl methyl sites for hydroxylation is 1. The first-order chi connectivity index (χ1) is 12.0. The number of nitrogens with zero attached hydrogens (tertiary/aromatic N) is 2. The Hall–Kier alpha value is -1.40. The molecule has 1 aromatic rings. The van der Waals surface area contributed by atoms with Crippen LogP contribution in [0.15, 0.2) is 0 Å². The number of hydrogen-bond donors (Lipinski definition) is 1. The van der Waals surface area contributed by atoms with Gasteiger partial charge in [-0.05, 0) is 61.3 Å². The fourth-order valence-electron chi connectivity index (χ4n) is 4.72. The third-order valence-corrected chi connectivity index (χ3v) is 5.27. The van der Waals surface area contributed by atoms with Gasteiger partial charge in [-0.2, -0.15) is 5.10 Å². The summed E-state index contributed by atoms with van der Waals surface area (Å²) in [5, 5.41) is 7.93. The van der Waals surface area contributed by atoms with Gasteiger partial charge in [0.05, 0.1) is 29.1 Å². The lowest BCUT2D eigenvalue weighted by Gasteiger charge is -2.45. The van der Waals surface area contributed by atoms with Crippen molar-refractivity contribution in [3.8, 4) is 0 Å². The van der Waals surface area contributed by atoms with E-state index in [9.17, 15) is 4.79 Å². The first-order valence-electron chi connectivity index (χ1n) is 9.77. The first-order valence-corrected chi connectivity index (χ1v) is 9.77. The van der Waals surface area contributed by atoms with Crippen LogP contribution in [-0.4, -0.2) is 39.0 Å². The van der Waals surface area contributed by atoms with E-state index in [0.717, 1.165) is 30.5 Å². The van der Waals surface area contributed by atoms with Gasteiger partial charge >= 0.3 is 0 Å². The Balaban J connectivity index is 1.86. The molecule has 0 saturated carbocycles. The Morgan fingerprint density at radius 2 is 1.85 bits per heavy atom. The van der Waals surface area contributed by atoms with Crippen LogP contribution in [0.25, 0.3) is 0 Å². The molecule has 1 aromatic heterocycles. The highest BCUT2D eigenvalue weighted by molar-refractivity contribution is 5.94. The van der Waals surface area contributed by atoms with Crippen LogP contribution in [0.3, 0.4) is 0 Å². The minimum Gasteiger partial charge on any atom is -0.370 e. The predicted octanol–water partition coefficient (Wildman–Crippen LogP) is 3.39. The molecule has 3 heterocycles. The van der Waals surface area contributed by atoms with E-state index in [2.05, 4.69) is 38.1 Å². The van der Waals surface area contributed by atoms with Crippen molar-refractivity contribution < 1.29 is 14.3 Å². The maximum atomic E-state index is 13.2. The average molecular weight is 364 g/mol. The molecule has 0 bridgehead atoms. The molecular formula is C20H33N3O3. The van der Waals surface area contributed by atoms with Crippen LogP contribution in [0, 0.1) is 0 Å². The Labute approximate surface area is 156 Å². The Morgan fingerprint density at radius 3 is 2.42 bits per heavy atom. The molecule has 6 heteroatoms. The standard InChI is InChI=1S/C20H33N3O3/c1-8-23-17(15-9-12(2)25-13(3)16(15)22-23)18(24)21-14-10-19(4,5)26-20(6,7)11-14/h12-14H,8-11H2,1-7H3,(H,21,24)/t12-,13+/m0/s1. The van der Waals surface area contributed by atoms with E-state index in [-0.39, 0.29) is 35.4 Å². The zero-order valence-electron chi connectivity index (χ0n) is 17.2. The van der Waals surface area contributed by atoms with Crippen molar-refractivity contribution in [1.82, 2.24) is 15.1 Å². The van der Waals surface area contributed by atoms with E-state index < -0.39 is 0 Å². The summed E-state index contributed by atoms with van der Waals surface area (Å²) < 4.78 is 13.9. The maximum Gasteiger partial charge on any atom is 0.270 e. The van der Waals surface area contributed by atoms with Crippen LogP contribution in [0.4, 0.5) is 0 Å². The third kappa shape index (κ3) is 3.81. The topological polar surface area (TPSA) is 65.4 Å². The van der Waals surface area contributed by atoms with E-state index in [1.807, 2.05) is 25.5 Å². The maximum absolute atomic E-state index is 13.2. The quantitative estimate of drug-likeness (QED) is 0.894. The fourth-order valence-corrected chi connectivity index (χ4v) is 4.72. The van der Waals surface area contributed by atoms with Gasteiger partial charge in [0.2, 0.25) is 0 Å². The van der Waals surface area contributed by atoms with E-state index in [1.54, 1.807) is 0 Å². The molecule has 0 radical (unpaired) electrons. The zero-order chi connectivity index (χ0) is 19.3. The Kier molecular flexibility index (Phi) is 4.95. The predicted molar refractivity (Wildman–Crippen MR) is 100 cm³/mol. The largest absolute Gasteiger partial charge is 0.370 e. The molecule has 1 amide bonds. The summed E-state index contributed by atoms with van der Waals surface area (Å²) in [5.41, 5.74) is 2.15. The zero-order valence-corrected chi connectivity index (χ0v) is 17.2. The van der Waals surface area contributed by atoms with Gasteiger partial charge in [0, 0.05) is 24.6 Å². The summed E-state index contributed by atoms with van der Waals surface area (Å²) in [4.78, 5) is 13.2. The highest BCUT2D eigenvalue weighted by Crippen LogP contribution is 2.36. The van der Waals surface area contributed by atoms with E-state index in [1.165, 1.54) is 0 Å². The van der Waals surface area contributed by atoms with Crippen LogP contribution in [0.5, 0.6) is 0 Å². The number of hydrogen-bond acceptors (Lipinski definition) is 4. The molecular weight excluding hydrogens is 330 g/mol. The number of nitrogens with one attached hydrogen (secondary N) is 1. The summed E-state index contributed by atoms with van der Waals surface area (Å²) in [5.74, 6) is -0.0274. The monoisotopic (exact) mass is 363 g/mol. The van der Waals surface area contributed by atoms with Gasteiger partial charge in [-0.25, -0.2) is 0 Å². The second kappa shape index (κ2) is 6.64. The molecule has 2 aliphatic heterocycles. The lowest BCUT2D eigenvalue weighted by molar-refractivity contribution is -0.162. The summed E-state index contributed by atoms with van der Waals surface area (Å²) in [6.45, 7) is 15.1. The lowest BCUT2D eigenvalue weighted by atomic mass is 9.85. The molecule has 1 N–H and O–H groups in total. The molecule has 1 fully saturated rings. The van der Waals surface area contributed by atoms with Crippen molar-refractivity contribution in [3.63, 3.8) is 0 Å². The number of aromatic nitrogens is 2. The van der Waals surface area contributed by atoms with E-state index in [0.29, 0.717) is 12.2 Å². The van der Waals surface area contributed by atoms with E-state index >= 15 is 0 Å². The first kappa shape index (κ1) is 19.4. The number of ether oxygens (including phenoxy) is 2. The summed E-state index contributed by atoms with van der Waals surface area (Å²) >= 11 is 0. The van der Waals surface area contributed by atoms with Crippen molar-refractivity contribution in [2.45, 2.75) is 104 Å². The van der Waals surface area contributed by atoms with Gasteiger partial charge < -0.3 is 14.8 Å². The molecule has 0 unspecified atom stereocenters. The van der Waals surface area contributed by atoms with Crippen molar-refractivity contribution in [3.05, 3.63) is 17.0 Å². The highest BCUT2D eigenvalue weighted by atomic mass is 16.5. The number of fused-ring (bicyclic) bond motifs is 1. The second-order valence-electron chi connectivity index (χ2n) is 9.02. The number of rotatable bonds is 3. The number of carbonyl (C=O) groups excluding carboxylic acids is 1. The third-order valence-electron chi connectivity index (χ3n) is 5.27. The SMILES string of the molecule is CCn1nc2c(c1C(=O)NC1CC(C)(C)OC(C)(C)C1)C[C@H](C)O[C@@H]2C. The van der Waals surface area contributed by atoms with Gasteiger partial charge in [0.15, 0.2) is 0 Å². The molecule has 6 nitrogen and oxygen atoms in total. The van der Waals surface area contributed by atoms with Crippen LogP contribution < -0.4 is 5.32 Å². The van der Waals surface area contributed by atoms with Gasteiger partial charge in [0.1, 0.15) is 5.69 Å². The van der Waals surface area contributed by atoms with Crippen molar-refractivity contribution in [1.29, 1.82) is 0 Å². The normalized spacial score (nSPS) is 27.8. The lowest BCUT2D eigenvalue weighted by Crippen LogP contribution is -2.53. The molecule has 3 rings (SSSR count). The number of amides is 1. The van der Waals surface area contributed by atoms with Crippen LogP contribution in [0.1, 0.15) is 89.2 Å². The Bertz CT molecular complexity index is 677. The molecule has 2 aliphatic rings. The summed E-state index contributed by atoms with van der Waals surface area (Å²) in [7, 11) is 0. The van der Waals surface area contributed by atoms with Crippen molar-refractivity contribution >= 4 is 5.91 Å². The van der Waals surface area contributed by atoms with Gasteiger partial charge in [-0.3, -0.25) is 9.48 Å². The molecule has 0 aromatic carbocycles. The Morgan fingerprint density at radius 1 is 1.23 bits per heavy atom. The molecule has 1 saturated heterocycles. The molecule has 0 aliphatic carbocycles. The van der Waals surface area contributed by atoms with Crippen molar-refractivity contribution in [2.75, 3.05) is 0 Å². The van der Waals surface area contributed by atoms with Gasteiger partial charge in [-0.15, -0.1) is 0 Å². The number of carbonyl (C=O) groups is 1. The smallest absolute Gasteiger partial charge is 0.270 e. The second-order valence-corrected chi connectivity index (χ2v) is 9.02. The molecule has 26 heavy (non-hydrogen) atoms. The van der Waals surface area contributed by atoms with Crippen LogP contribution in [-0.2, 0) is 22.4 Å². The minimum atomic E-state index is -0.249. The van der Waals surface area contributed by atoms with Crippen LogP contribution in [0.2, 0.25) is 0 Å². The molecule has 146 valence electrons. The summed E-state index contributed by atoms with van der Waals surface area (Å²) in [6.07, 6.45) is 2.36. The van der Waals surface area contributed by atoms with Gasteiger partial charge in [-0.1, -0.05) is 0 Å². The van der Waals surface area contributed by atoms with E-state index in [4.69, 9.17) is 9.47 Å². The molecule has 0 spiro atoms. The van der Waals surface area contributed by atoms with Crippen molar-refractivity contribution in [2.24, 2.45) is 0 Å². The summed E-state index contributed by atoms with van der Waals surface area (Å²) in [6, 6.07) is 0.0896. The molecule has 2 atom stereocenters. The highest BCUT2D eigenvalue weighted by Gasteiger charge is 2.40. The average Bonchev–Trinajstić information content (AvgIpc) is 2.82. The van der Waals surface area contributed by atoms with Crippen LogP contribution >= 0.6 is 0 Å². The fraction of sp³-hybridized carbons (Fsp3) is 0.800.